The smallest absolute Gasteiger partial charge is 0.137 e. The first-order valence-corrected chi connectivity index (χ1v) is 21.7. The Labute approximate surface area is 365 Å². The zero-order chi connectivity index (χ0) is 41.5. The molecule has 3 atom stereocenters. The first kappa shape index (κ1) is 35.7. The number of para-hydroxylation sites is 4. The van der Waals surface area contributed by atoms with Crippen LogP contribution < -0.4 is 25.0 Å². The van der Waals surface area contributed by atoms with Crippen molar-refractivity contribution < 1.29 is 9.15 Å². The average molecular weight is 809 g/mol. The Morgan fingerprint density at radius 1 is 0.397 bits per heavy atom. The van der Waals surface area contributed by atoms with Gasteiger partial charge < -0.3 is 19.0 Å². The fourth-order valence-electron chi connectivity index (χ4n) is 10.9. The van der Waals surface area contributed by atoms with Gasteiger partial charge in [0.05, 0.1) is 16.5 Å². The Balaban J connectivity index is 1.03. The van der Waals surface area contributed by atoms with E-state index in [-0.39, 0.29) is 12.0 Å². The van der Waals surface area contributed by atoms with Crippen molar-refractivity contribution in [2.24, 2.45) is 5.92 Å². The van der Waals surface area contributed by atoms with Crippen molar-refractivity contribution in [1.82, 2.24) is 0 Å². The highest BCUT2D eigenvalue weighted by molar-refractivity contribution is 6.14. The summed E-state index contributed by atoms with van der Waals surface area (Å²) in [7, 11) is 0. The van der Waals surface area contributed by atoms with Crippen molar-refractivity contribution >= 4 is 68.2 Å². The molecule has 4 heteroatoms. The average Bonchev–Trinajstić information content (AvgIpc) is 3.86. The van der Waals surface area contributed by atoms with Crippen LogP contribution in [0.5, 0.6) is 5.75 Å². The molecular weight excluding hydrogens is 769 g/mol. The van der Waals surface area contributed by atoms with Crippen LogP contribution in [0.1, 0.15) is 16.7 Å². The van der Waals surface area contributed by atoms with E-state index in [9.17, 15) is 0 Å². The van der Waals surface area contributed by atoms with Gasteiger partial charge in [-0.05, 0) is 118 Å². The third-order valence-electron chi connectivity index (χ3n) is 13.5. The van der Waals surface area contributed by atoms with Crippen LogP contribution in [0.3, 0.4) is 0 Å². The molecule has 3 aliphatic rings. The van der Waals surface area contributed by atoms with Crippen molar-refractivity contribution in [2.45, 2.75) is 11.5 Å². The van der Waals surface area contributed by atoms with Gasteiger partial charge in [-0.2, -0.15) is 0 Å². The molecule has 2 heterocycles. The van der Waals surface area contributed by atoms with Gasteiger partial charge in [-0.25, -0.2) is 0 Å². The second-order valence-electron chi connectivity index (χ2n) is 16.8. The van der Waals surface area contributed by atoms with E-state index in [0.29, 0.717) is 0 Å². The molecule has 9 aromatic carbocycles. The number of rotatable bonds is 6. The minimum Gasteiger partial charge on any atom is -0.485 e. The van der Waals surface area contributed by atoms with Crippen LogP contribution in [0.25, 0.3) is 45.2 Å². The molecule has 4 nitrogen and oxygen atoms in total. The molecule has 0 N–H and O–H groups in total. The third-order valence-corrected chi connectivity index (χ3v) is 13.5. The van der Waals surface area contributed by atoms with Crippen LogP contribution >= 0.6 is 0 Å². The fourth-order valence-corrected chi connectivity index (χ4v) is 10.9. The van der Waals surface area contributed by atoms with Crippen LogP contribution in [-0.4, -0.2) is 6.10 Å². The lowest BCUT2D eigenvalue weighted by Gasteiger charge is -2.47. The number of benzene rings is 9. The Hall–Kier alpha value is -8.08. The summed E-state index contributed by atoms with van der Waals surface area (Å²) in [5.41, 5.74) is 13.9. The van der Waals surface area contributed by atoms with Crippen LogP contribution in [-0.2, 0) is 5.41 Å². The van der Waals surface area contributed by atoms with Crippen LogP contribution in [0.2, 0.25) is 0 Å². The molecule has 0 radical (unpaired) electrons. The number of anilines is 6. The summed E-state index contributed by atoms with van der Waals surface area (Å²) in [5.74, 6) is 0.940. The predicted molar refractivity (Wildman–Crippen MR) is 257 cm³/mol. The van der Waals surface area contributed by atoms with E-state index in [4.69, 9.17) is 9.15 Å². The highest BCUT2D eigenvalue weighted by Gasteiger charge is 2.56. The highest BCUT2D eigenvalue weighted by atomic mass is 16.5. The summed E-state index contributed by atoms with van der Waals surface area (Å²) in [6, 6.07) is 78.4. The Kier molecular flexibility index (Phi) is 7.91. The van der Waals surface area contributed by atoms with E-state index in [0.717, 1.165) is 61.8 Å². The molecule has 0 amide bonds. The second-order valence-corrected chi connectivity index (χ2v) is 16.8. The van der Waals surface area contributed by atoms with Crippen molar-refractivity contribution in [3.05, 3.63) is 246 Å². The van der Waals surface area contributed by atoms with E-state index >= 15 is 0 Å². The van der Waals surface area contributed by atoms with Crippen molar-refractivity contribution in [2.75, 3.05) is 9.80 Å². The minimum absolute atomic E-state index is 0.00640. The van der Waals surface area contributed by atoms with Crippen molar-refractivity contribution in [3.8, 4) is 16.9 Å². The van der Waals surface area contributed by atoms with Gasteiger partial charge in [0.15, 0.2) is 0 Å². The zero-order valence-corrected chi connectivity index (χ0v) is 34.3. The number of hydrogen-bond acceptors (Lipinski definition) is 4. The van der Waals surface area contributed by atoms with Gasteiger partial charge >= 0.3 is 0 Å². The molecule has 10 aromatic rings. The van der Waals surface area contributed by atoms with Gasteiger partial charge in [-0.3, -0.25) is 0 Å². The van der Waals surface area contributed by atoms with Gasteiger partial charge in [0, 0.05) is 51.4 Å². The van der Waals surface area contributed by atoms with E-state index in [1.54, 1.807) is 0 Å². The second kappa shape index (κ2) is 14.0. The van der Waals surface area contributed by atoms with Gasteiger partial charge in [0.2, 0.25) is 0 Å². The summed E-state index contributed by atoms with van der Waals surface area (Å²) in [6.07, 6.45) is 4.67. The first-order valence-electron chi connectivity index (χ1n) is 21.7. The van der Waals surface area contributed by atoms with Crippen LogP contribution in [0.15, 0.2) is 223 Å². The lowest BCUT2D eigenvalue weighted by atomic mass is 9.60. The van der Waals surface area contributed by atoms with Gasteiger partial charge in [-0.1, -0.05) is 140 Å². The molecule has 13 rings (SSSR count). The molecule has 0 saturated carbocycles. The van der Waals surface area contributed by atoms with Crippen molar-refractivity contribution in [3.63, 3.8) is 0 Å². The number of hydrogen-bond donors (Lipinski definition) is 0. The topological polar surface area (TPSA) is 28.9 Å². The Morgan fingerprint density at radius 2 is 0.984 bits per heavy atom. The van der Waals surface area contributed by atoms with Gasteiger partial charge in [0.25, 0.3) is 0 Å². The lowest BCUT2D eigenvalue weighted by molar-refractivity contribution is 0.162. The maximum Gasteiger partial charge on any atom is 0.137 e. The lowest BCUT2D eigenvalue weighted by Crippen LogP contribution is -2.51. The van der Waals surface area contributed by atoms with E-state index in [1.165, 1.54) is 38.3 Å². The predicted octanol–water partition coefficient (Wildman–Crippen LogP) is 13.5. The van der Waals surface area contributed by atoms with Gasteiger partial charge in [0.1, 0.15) is 23.0 Å². The highest BCUT2D eigenvalue weighted by Crippen LogP contribution is 2.62. The molecule has 0 saturated heterocycles. The summed E-state index contributed by atoms with van der Waals surface area (Å²) < 4.78 is 13.8. The zero-order valence-electron chi connectivity index (χ0n) is 34.3. The summed E-state index contributed by atoms with van der Waals surface area (Å²) in [5, 5.41) is 4.58. The number of furan rings is 1. The molecule has 2 aliphatic carbocycles. The quantitative estimate of drug-likeness (QED) is 0.167. The molecule has 0 fully saturated rings. The normalized spacial score (nSPS) is 17.7. The van der Waals surface area contributed by atoms with E-state index < -0.39 is 5.41 Å². The van der Waals surface area contributed by atoms with E-state index in [2.05, 4.69) is 240 Å². The summed E-state index contributed by atoms with van der Waals surface area (Å²) >= 11 is 0. The number of fused-ring (bicyclic) bond motifs is 13. The monoisotopic (exact) mass is 808 g/mol. The molecule has 63 heavy (non-hydrogen) atoms. The Bertz CT molecular complexity index is 3490. The Morgan fingerprint density at radius 3 is 1.73 bits per heavy atom. The maximum absolute atomic E-state index is 6.97. The van der Waals surface area contributed by atoms with Crippen LogP contribution in [0.4, 0.5) is 34.1 Å². The van der Waals surface area contributed by atoms with Crippen LogP contribution in [0, 0.1) is 5.92 Å². The van der Waals surface area contributed by atoms with Gasteiger partial charge in [-0.15, -0.1) is 0 Å². The summed E-state index contributed by atoms with van der Waals surface area (Å²) in [4.78, 5) is 4.69. The molecule has 0 bridgehead atoms. The molecule has 298 valence electrons. The first-order chi connectivity index (χ1) is 31.2. The number of ether oxygens (including phenoxy) is 1. The molecule has 1 aromatic heterocycles. The van der Waals surface area contributed by atoms with E-state index in [1.807, 2.05) is 0 Å². The SMILES string of the molecule is C1=c2ccccc2=CC2C1Oc1ccccc1C21c2ccccc2-c2ccc(N(c3ccccc3)c3cccc4oc5cc(N(c6ccccc6)c6ccccc6)ccc5c34)cc21. The largest absolute Gasteiger partial charge is 0.485 e. The van der Waals surface area contributed by atoms with Crippen molar-refractivity contribution in [1.29, 1.82) is 0 Å². The maximum atomic E-state index is 6.97. The third kappa shape index (κ3) is 5.34. The molecule has 3 unspecified atom stereocenters. The summed E-state index contributed by atoms with van der Waals surface area (Å²) in [6.45, 7) is 0. The molecular formula is C59H40N2O2. The molecule has 1 aliphatic heterocycles. The number of nitrogens with zero attached hydrogens (tertiary/aromatic N) is 2. The minimum atomic E-state index is -0.512. The standard InChI is InChI=1S/C59H40N2O2/c1-4-19-41(20-5-1)60(42-21-6-2-7-22-42)45-32-34-48-56(38-45)63-55-30-16-28-53(58(48)55)61(43-23-8-3-9-24-43)44-31-33-47-46-25-12-13-26-49(46)59(51(47)37-44)50-27-14-15-29-54(50)62-57-36-40-18-11-10-17-39(40)35-52(57)59/h1-38,52,57H. The molecule has 1 spiro atoms. The fraction of sp³-hybridized carbons (Fsp3) is 0.0508.